The molecule has 156 valence electrons. The van der Waals surface area contributed by atoms with Gasteiger partial charge >= 0.3 is 37.9 Å². The Bertz CT molecular complexity index is 1090. The first-order chi connectivity index (χ1) is 15.3. The average molecular weight is 525 g/mol. The van der Waals surface area contributed by atoms with Crippen LogP contribution in [0, 0.1) is 12.0 Å². The fourth-order valence-corrected chi connectivity index (χ4v) is 3.81. The van der Waals surface area contributed by atoms with E-state index in [0.717, 1.165) is 0 Å². The third-order valence-electron chi connectivity index (χ3n) is 5.34. The summed E-state index contributed by atoms with van der Waals surface area (Å²) in [6.07, 6.45) is 13.5. The second-order valence-electron chi connectivity index (χ2n) is 7.44. The zero-order valence-corrected chi connectivity index (χ0v) is 21.7. The first-order valence-electron chi connectivity index (χ1n) is 10.6. The first-order valence-corrected chi connectivity index (χ1v) is 17.0. The van der Waals surface area contributed by atoms with Crippen LogP contribution in [0.1, 0.15) is 26.2 Å². The molecule has 3 heteroatoms. The summed E-state index contributed by atoms with van der Waals surface area (Å²) in [5, 5.41) is 5.24. The largest absolute Gasteiger partial charge is 0.145 e. The van der Waals surface area contributed by atoms with Gasteiger partial charge in [0, 0.05) is 0 Å². The van der Waals surface area contributed by atoms with E-state index in [1.165, 1.54) is 51.9 Å². The van der Waals surface area contributed by atoms with Gasteiger partial charge in [0.2, 0.25) is 0 Å². The van der Waals surface area contributed by atoms with Gasteiger partial charge in [-0.2, -0.15) is 6.08 Å². The van der Waals surface area contributed by atoms with E-state index < -0.39 is 20.8 Å². The molecular weight excluding hydrogens is 498 g/mol. The molecular formula is C28H26Cl2Zr. The molecule has 4 aromatic rings. The number of hydrogen-bond donors (Lipinski definition) is 0. The molecule has 5 rings (SSSR count). The van der Waals surface area contributed by atoms with Crippen LogP contribution in [0.4, 0.5) is 0 Å². The van der Waals surface area contributed by atoms with E-state index in [2.05, 4.69) is 104 Å². The van der Waals surface area contributed by atoms with E-state index >= 15 is 0 Å². The number of fused-ring (bicyclic) bond motifs is 2. The van der Waals surface area contributed by atoms with Gasteiger partial charge in [-0.05, 0) is 10.8 Å². The molecule has 0 bridgehead atoms. The normalized spacial score (nSPS) is 14.0. The van der Waals surface area contributed by atoms with Gasteiger partial charge in [0.1, 0.15) is 0 Å². The Morgan fingerprint density at radius 1 is 0.935 bits per heavy atom. The van der Waals surface area contributed by atoms with E-state index in [1.54, 1.807) is 0 Å². The van der Waals surface area contributed by atoms with Gasteiger partial charge in [0.05, 0.1) is 0 Å². The molecule has 0 aromatic heterocycles. The molecule has 0 radical (unpaired) electrons. The van der Waals surface area contributed by atoms with Crippen molar-refractivity contribution < 1.29 is 20.8 Å². The molecule has 0 saturated carbocycles. The van der Waals surface area contributed by atoms with E-state index in [9.17, 15) is 0 Å². The molecule has 0 N–H and O–H groups in total. The smallest absolute Gasteiger partial charge is 0.0253 e. The minimum absolute atomic E-state index is 0.630. The summed E-state index contributed by atoms with van der Waals surface area (Å²) in [5.74, 6) is 0.630. The van der Waals surface area contributed by atoms with Crippen molar-refractivity contribution in [3.05, 3.63) is 103 Å². The van der Waals surface area contributed by atoms with Crippen LogP contribution in [0.15, 0.2) is 97.1 Å². The SMILES string of the molecule is CCCCC1[C-]=CC=C1.[Cl][Zr+2][Cl].c1ccc2[cH-]c(-c3cccc4ccccc34)cc2c1. The molecule has 31 heavy (non-hydrogen) atoms. The van der Waals surface area contributed by atoms with Gasteiger partial charge < -0.3 is 0 Å². The van der Waals surface area contributed by atoms with Gasteiger partial charge in [-0.1, -0.05) is 98.3 Å². The van der Waals surface area contributed by atoms with Gasteiger partial charge in [-0.25, -0.2) is 12.2 Å². The molecule has 0 saturated heterocycles. The van der Waals surface area contributed by atoms with Crippen molar-refractivity contribution in [3.63, 3.8) is 0 Å². The molecule has 1 aliphatic rings. The molecule has 0 spiro atoms. The Hall–Kier alpha value is -1.53. The number of allylic oxidation sites excluding steroid dienone is 4. The summed E-state index contributed by atoms with van der Waals surface area (Å²) >= 11 is -0.826. The van der Waals surface area contributed by atoms with E-state index in [4.69, 9.17) is 17.0 Å². The number of benzene rings is 3. The minimum atomic E-state index is -0.826. The molecule has 0 fully saturated rings. The van der Waals surface area contributed by atoms with Crippen molar-refractivity contribution in [2.24, 2.45) is 5.92 Å². The number of halogens is 2. The Balaban J connectivity index is 0.000000191. The van der Waals surface area contributed by atoms with Gasteiger partial charge in [0.15, 0.2) is 0 Å². The summed E-state index contributed by atoms with van der Waals surface area (Å²) in [7, 11) is 9.87. The van der Waals surface area contributed by atoms with Crippen LogP contribution in [0.2, 0.25) is 0 Å². The molecule has 0 heterocycles. The van der Waals surface area contributed by atoms with Crippen molar-refractivity contribution in [2.75, 3.05) is 0 Å². The predicted octanol–water partition coefficient (Wildman–Crippen LogP) is 9.48. The van der Waals surface area contributed by atoms with Gasteiger partial charge in [-0.3, -0.25) is 6.08 Å². The second-order valence-corrected chi connectivity index (χ2v) is 11.2. The van der Waals surface area contributed by atoms with Crippen molar-refractivity contribution >= 4 is 38.6 Å². The summed E-state index contributed by atoms with van der Waals surface area (Å²) < 4.78 is 0. The molecule has 4 aromatic carbocycles. The number of unbranched alkanes of at least 4 members (excludes halogenated alkanes) is 1. The van der Waals surface area contributed by atoms with Crippen molar-refractivity contribution in [1.29, 1.82) is 0 Å². The van der Waals surface area contributed by atoms with E-state index in [0.29, 0.717) is 5.92 Å². The maximum Gasteiger partial charge on any atom is -0.0253 e. The number of rotatable bonds is 4. The Kier molecular flexibility index (Phi) is 10.2. The second kappa shape index (κ2) is 13.1. The van der Waals surface area contributed by atoms with E-state index in [1.807, 2.05) is 6.08 Å². The molecule has 1 aliphatic carbocycles. The minimum Gasteiger partial charge on any atom is -0.145 e. The van der Waals surface area contributed by atoms with Crippen LogP contribution in [-0.2, 0) is 20.8 Å². The fourth-order valence-electron chi connectivity index (χ4n) is 3.81. The van der Waals surface area contributed by atoms with Crippen LogP contribution in [0.3, 0.4) is 0 Å². The quantitative estimate of drug-likeness (QED) is 0.233. The summed E-state index contributed by atoms with van der Waals surface area (Å²) in [6, 6.07) is 28.1. The zero-order valence-electron chi connectivity index (χ0n) is 17.7. The summed E-state index contributed by atoms with van der Waals surface area (Å²) in [4.78, 5) is 0. The van der Waals surface area contributed by atoms with Crippen molar-refractivity contribution in [2.45, 2.75) is 26.2 Å². The van der Waals surface area contributed by atoms with Crippen molar-refractivity contribution in [3.8, 4) is 11.1 Å². The summed E-state index contributed by atoms with van der Waals surface area (Å²) in [5.41, 5.74) is 2.62. The molecule has 1 unspecified atom stereocenters. The third-order valence-corrected chi connectivity index (χ3v) is 5.34. The van der Waals surface area contributed by atoms with Crippen LogP contribution < -0.4 is 0 Å². The standard InChI is InChI=1S/C19H13.C9H13.2ClH.Zr/c1-2-8-16-13-17(12-15(16)7-1)19-11-5-9-14-6-3-4-10-18(14)19;1-2-3-6-9-7-4-5-8-9;;;/h1-13H;4-5,7,9H,2-3,6H2,1H3;2*1H;/q2*-1;;;+4/p-2. The molecule has 0 amide bonds. The Labute approximate surface area is 204 Å². The Morgan fingerprint density at radius 2 is 1.65 bits per heavy atom. The topological polar surface area (TPSA) is 0 Å². The van der Waals surface area contributed by atoms with Crippen LogP contribution in [-0.4, -0.2) is 0 Å². The van der Waals surface area contributed by atoms with Crippen LogP contribution in [0.25, 0.3) is 32.7 Å². The van der Waals surface area contributed by atoms with Gasteiger partial charge in [-0.15, -0.1) is 34.5 Å². The maximum absolute atomic E-state index is 4.93. The monoisotopic (exact) mass is 522 g/mol. The third kappa shape index (κ3) is 6.98. The van der Waals surface area contributed by atoms with Crippen LogP contribution in [0.5, 0.6) is 0 Å². The maximum atomic E-state index is 4.93. The average Bonchev–Trinajstić information content (AvgIpc) is 3.48. The first kappa shape index (κ1) is 24.1. The zero-order chi connectivity index (χ0) is 21.9. The van der Waals surface area contributed by atoms with Crippen LogP contribution >= 0.6 is 17.0 Å². The fraction of sp³-hybridized carbons (Fsp3) is 0.179. The molecule has 0 aliphatic heterocycles. The summed E-state index contributed by atoms with van der Waals surface area (Å²) in [6.45, 7) is 2.22. The Morgan fingerprint density at radius 3 is 2.35 bits per heavy atom. The molecule has 0 nitrogen and oxygen atoms in total. The van der Waals surface area contributed by atoms with Gasteiger partial charge in [0.25, 0.3) is 0 Å². The van der Waals surface area contributed by atoms with Crippen molar-refractivity contribution in [1.82, 2.24) is 0 Å². The predicted molar refractivity (Wildman–Crippen MR) is 134 cm³/mol. The number of hydrogen-bond acceptors (Lipinski definition) is 0. The molecule has 1 atom stereocenters. The van der Waals surface area contributed by atoms with E-state index in [-0.39, 0.29) is 0 Å².